The largest absolute Gasteiger partial charge is 0.508 e. The van der Waals surface area contributed by atoms with Gasteiger partial charge in [-0.15, -0.1) is 0 Å². The Bertz CT molecular complexity index is 676. The molecule has 2 amide bonds. The van der Waals surface area contributed by atoms with E-state index in [0.29, 0.717) is 31.7 Å². The summed E-state index contributed by atoms with van der Waals surface area (Å²) in [4.78, 5) is 29.0. The molecule has 1 aromatic rings. The van der Waals surface area contributed by atoms with E-state index < -0.39 is 0 Å². The van der Waals surface area contributed by atoms with Gasteiger partial charge in [-0.25, -0.2) is 0 Å². The first-order valence-electron chi connectivity index (χ1n) is 9.17. The molecule has 0 radical (unpaired) electrons. The van der Waals surface area contributed by atoms with Gasteiger partial charge in [0.25, 0.3) is 5.91 Å². The number of amides is 2. The Kier molecular flexibility index (Phi) is 4.15. The maximum Gasteiger partial charge on any atom is 0.254 e. The summed E-state index contributed by atoms with van der Waals surface area (Å²) in [7, 11) is 0. The van der Waals surface area contributed by atoms with Crippen LogP contribution >= 0.6 is 0 Å². The molecule has 6 nitrogen and oxygen atoms in total. The number of carbonyl (C=O) groups excluding carboxylic acids is 2. The Morgan fingerprint density at radius 2 is 1.76 bits per heavy atom. The van der Waals surface area contributed by atoms with Gasteiger partial charge in [0.15, 0.2) is 0 Å². The Labute approximate surface area is 147 Å². The van der Waals surface area contributed by atoms with Crippen molar-refractivity contribution in [1.29, 1.82) is 0 Å². The molecule has 1 aliphatic carbocycles. The van der Waals surface area contributed by atoms with E-state index in [-0.39, 0.29) is 28.9 Å². The maximum atomic E-state index is 12.8. The lowest BCUT2D eigenvalue weighted by Crippen LogP contribution is -2.51. The van der Waals surface area contributed by atoms with Gasteiger partial charge in [-0.3, -0.25) is 9.59 Å². The first-order valence-corrected chi connectivity index (χ1v) is 9.17. The molecule has 2 aliphatic heterocycles. The SMILES string of the molecule is O=C(c1cccc(O)c1)N1CCN(C(=O)C2CC23CCNCC3)CC1. The van der Waals surface area contributed by atoms with Crippen molar-refractivity contribution in [2.24, 2.45) is 11.3 Å². The second kappa shape index (κ2) is 6.33. The van der Waals surface area contributed by atoms with E-state index in [1.807, 2.05) is 4.90 Å². The third-order valence-corrected chi connectivity index (χ3v) is 6.06. The number of nitrogens with one attached hydrogen (secondary N) is 1. The first kappa shape index (κ1) is 16.4. The first-order chi connectivity index (χ1) is 12.1. The second-order valence-electron chi connectivity index (χ2n) is 7.54. The number of piperazine rings is 1. The lowest BCUT2D eigenvalue weighted by Gasteiger charge is -2.35. The number of phenolic OH excluding ortho intramolecular Hbond substituents is 1. The Balaban J connectivity index is 1.32. The number of aromatic hydroxyl groups is 1. The summed E-state index contributed by atoms with van der Waals surface area (Å²) in [5.41, 5.74) is 0.757. The molecule has 3 fully saturated rings. The van der Waals surface area contributed by atoms with Crippen LogP contribution in [-0.2, 0) is 4.79 Å². The van der Waals surface area contributed by atoms with Crippen LogP contribution in [0.5, 0.6) is 5.75 Å². The molecule has 1 aromatic carbocycles. The summed E-state index contributed by atoms with van der Waals surface area (Å²) in [6.45, 7) is 4.37. The van der Waals surface area contributed by atoms with Crippen LogP contribution in [0.1, 0.15) is 29.6 Å². The second-order valence-corrected chi connectivity index (χ2v) is 7.54. The monoisotopic (exact) mass is 343 g/mol. The fourth-order valence-electron chi connectivity index (χ4n) is 4.35. The van der Waals surface area contributed by atoms with Crippen molar-refractivity contribution in [2.75, 3.05) is 39.3 Å². The van der Waals surface area contributed by atoms with Crippen molar-refractivity contribution >= 4 is 11.8 Å². The lowest BCUT2D eigenvalue weighted by atomic mass is 9.91. The highest BCUT2D eigenvalue weighted by Crippen LogP contribution is 2.59. The van der Waals surface area contributed by atoms with E-state index in [1.165, 1.54) is 6.07 Å². The van der Waals surface area contributed by atoms with E-state index in [0.717, 1.165) is 32.4 Å². The average Bonchev–Trinajstić information content (AvgIpc) is 3.34. The van der Waals surface area contributed by atoms with Crippen LogP contribution in [0.3, 0.4) is 0 Å². The summed E-state index contributed by atoms with van der Waals surface area (Å²) >= 11 is 0. The third kappa shape index (κ3) is 3.11. The zero-order valence-corrected chi connectivity index (χ0v) is 14.4. The number of phenols is 1. The molecule has 2 saturated heterocycles. The van der Waals surface area contributed by atoms with Crippen molar-refractivity contribution in [3.05, 3.63) is 29.8 Å². The number of piperidine rings is 1. The number of benzene rings is 1. The molecule has 25 heavy (non-hydrogen) atoms. The summed E-state index contributed by atoms with van der Waals surface area (Å²) < 4.78 is 0. The predicted molar refractivity (Wildman–Crippen MR) is 93.2 cm³/mol. The zero-order chi connectivity index (χ0) is 17.4. The standard InChI is InChI=1S/C19H25N3O3/c23-15-3-1-2-14(12-15)17(24)21-8-10-22(11-9-21)18(25)16-13-19(16)4-6-20-7-5-19/h1-3,12,16,20,23H,4-11,13H2. The van der Waals surface area contributed by atoms with Gasteiger partial charge in [-0.1, -0.05) is 6.07 Å². The van der Waals surface area contributed by atoms with Crippen LogP contribution < -0.4 is 5.32 Å². The van der Waals surface area contributed by atoms with E-state index in [2.05, 4.69) is 5.32 Å². The molecule has 1 atom stereocenters. The minimum Gasteiger partial charge on any atom is -0.508 e. The molecule has 1 saturated carbocycles. The van der Waals surface area contributed by atoms with Crippen LogP contribution in [0.2, 0.25) is 0 Å². The van der Waals surface area contributed by atoms with Gasteiger partial charge in [0, 0.05) is 37.7 Å². The van der Waals surface area contributed by atoms with Crippen LogP contribution in [0.15, 0.2) is 24.3 Å². The van der Waals surface area contributed by atoms with E-state index in [1.54, 1.807) is 23.1 Å². The van der Waals surface area contributed by atoms with Crippen molar-refractivity contribution < 1.29 is 14.7 Å². The lowest BCUT2D eigenvalue weighted by molar-refractivity contribution is -0.135. The van der Waals surface area contributed by atoms with Gasteiger partial charge in [-0.2, -0.15) is 0 Å². The van der Waals surface area contributed by atoms with Crippen molar-refractivity contribution in [2.45, 2.75) is 19.3 Å². The Hall–Kier alpha value is -2.08. The molecular weight excluding hydrogens is 318 g/mol. The van der Waals surface area contributed by atoms with Crippen LogP contribution in [0.4, 0.5) is 0 Å². The molecule has 2 heterocycles. The summed E-state index contributed by atoms with van der Waals surface area (Å²) in [6, 6.07) is 6.43. The number of hydrogen-bond acceptors (Lipinski definition) is 4. The fraction of sp³-hybridized carbons (Fsp3) is 0.579. The quantitative estimate of drug-likeness (QED) is 0.842. The molecule has 2 N–H and O–H groups in total. The van der Waals surface area contributed by atoms with E-state index >= 15 is 0 Å². The normalized spacial score (nSPS) is 25.0. The fourth-order valence-corrected chi connectivity index (χ4v) is 4.35. The number of hydrogen-bond donors (Lipinski definition) is 2. The van der Waals surface area contributed by atoms with Gasteiger partial charge < -0.3 is 20.2 Å². The summed E-state index contributed by atoms with van der Waals surface area (Å²) in [5, 5.41) is 12.9. The third-order valence-electron chi connectivity index (χ3n) is 6.06. The van der Waals surface area contributed by atoms with Crippen LogP contribution in [0, 0.1) is 11.3 Å². The molecule has 0 bridgehead atoms. The van der Waals surface area contributed by atoms with Gasteiger partial charge in [-0.05, 0) is 56.0 Å². The topological polar surface area (TPSA) is 72.9 Å². The van der Waals surface area contributed by atoms with Crippen molar-refractivity contribution in [1.82, 2.24) is 15.1 Å². The highest BCUT2D eigenvalue weighted by Gasteiger charge is 2.58. The molecule has 3 aliphatic rings. The van der Waals surface area contributed by atoms with Gasteiger partial charge in [0.05, 0.1) is 0 Å². The Morgan fingerprint density at radius 1 is 1.08 bits per heavy atom. The van der Waals surface area contributed by atoms with Crippen molar-refractivity contribution in [3.8, 4) is 5.75 Å². The molecule has 134 valence electrons. The average molecular weight is 343 g/mol. The minimum absolute atomic E-state index is 0.0794. The summed E-state index contributed by atoms with van der Waals surface area (Å²) in [6.07, 6.45) is 3.26. The van der Waals surface area contributed by atoms with Gasteiger partial charge in [0.2, 0.25) is 5.91 Å². The van der Waals surface area contributed by atoms with Crippen LogP contribution in [-0.4, -0.2) is 66.0 Å². The van der Waals surface area contributed by atoms with Gasteiger partial charge in [0.1, 0.15) is 5.75 Å². The molecule has 1 unspecified atom stereocenters. The Morgan fingerprint density at radius 3 is 2.44 bits per heavy atom. The minimum atomic E-state index is -0.0794. The molecule has 4 rings (SSSR count). The molecular formula is C19H25N3O3. The number of nitrogens with zero attached hydrogens (tertiary/aromatic N) is 2. The zero-order valence-electron chi connectivity index (χ0n) is 14.4. The number of rotatable bonds is 2. The maximum absolute atomic E-state index is 12.8. The molecule has 1 spiro atoms. The summed E-state index contributed by atoms with van der Waals surface area (Å²) in [5.74, 6) is 0.499. The van der Waals surface area contributed by atoms with Gasteiger partial charge >= 0.3 is 0 Å². The van der Waals surface area contributed by atoms with Crippen molar-refractivity contribution in [3.63, 3.8) is 0 Å². The molecule has 0 aromatic heterocycles. The predicted octanol–water partition coefficient (Wildman–Crippen LogP) is 1.07. The molecule has 6 heteroatoms. The number of carbonyl (C=O) groups is 2. The van der Waals surface area contributed by atoms with E-state index in [4.69, 9.17) is 0 Å². The van der Waals surface area contributed by atoms with Crippen LogP contribution in [0.25, 0.3) is 0 Å². The van der Waals surface area contributed by atoms with E-state index in [9.17, 15) is 14.7 Å². The highest BCUT2D eigenvalue weighted by atomic mass is 16.3. The smallest absolute Gasteiger partial charge is 0.254 e. The highest BCUT2D eigenvalue weighted by molar-refractivity contribution is 5.94.